The van der Waals surface area contributed by atoms with Crippen LogP contribution >= 0.6 is 23.2 Å². The summed E-state index contributed by atoms with van der Waals surface area (Å²) in [4.78, 5) is 13.3. The summed E-state index contributed by atoms with van der Waals surface area (Å²) < 4.78 is 5.78. The summed E-state index contributed by atoms with van der Waals surface area (Å²) in [6.45, 7) is 5.97. The van der Waals surface area contributed by atoms with Crippen LogP contribution < -0.4 is 10.1 Å². The fourth-order valence-corrected chi connectivity index (χ4v) is 4.43. The minimum Gasteiger partial charge on any atom is -0.491 e. The number of carbonyl (C=O) groups is 1. The van der Waals surface area contributed by atoms with Gasteiger partial charge in [-0.05, 0) is 75.1 Å². The van der Waals surface area contributed by atoms with Crippen LogP contribution in [0.3, 0.4) is 0 Å². The molecule has 5 heteroatoms. The Balaban J connectivity index is 1.87. The zero-order chi connectivity index (χ0) is 19.6. The first-order valence-electron chi connectivity index (χ1n) is 9.36. The molecule has 144 valence electrons. The molecule has 2 aromatic carbocycles. The van der Waals surface area contributed by atoms with E-state index in [1.807, 2.05) is 45.0 Å². The molecular weight excluding hydrogens is 381 g/mol. The van der Waals surface area contributed by atoms with Crippen molar-refractivity contribution < 1.29 is 9.53 Å². The monoisotopic (exact) mass is 405 g/mol. The van der Waals surface area contributed by atoms with Crippen LogP contribution in [0.25, 0.3) is 0 Å². The lowest BCUT2D eigenvalue weighted by Crippen LogP contribution is -2.38. The molecule has 0 atom stereocenters. The van der Waals surface area contributed by atoms with Gasteiger partial charge in [-0.25, -0.2) is 0 Å². The minimum atomic E-state index is -0.608. The first-order chi connectivity index (χ1) is 12.8. The third-order valence-electron chi connectivity index (χ3n) is 5.13. The first kappa shape index (κ1) is 20.0. The molecule has 0 aliphatic heterocycles. The van der Waals surface area contributed by atoms with E-state index in [1.54, 1.807) is 12.1 Å². The second-order valence-corrected chi connectivity index (χ2v) is 8.36. The van der Waals surface area contributed by atoms with Crippen LogP contribution in [0, 0.1) is 6.92 Å². The van der Waals surface area contributed by atoms with E-state index in [-0.39, 0.29) is 12.0 Å². The molecule has 0 heterocycles. The normalized spacial score (nSPS) is 15.8. The van der Waals surface area contributed by atoms with Crippen molar-refractivity contribution in [2.45, 2.75) is 58.0 Å². The highest BCUT2D eigenvalue weighted by Gasteiger charge is 2.44. The fraction of sp³-hybridized carbons (Fsp3) is 0.409. The van der Waals surface area contributed by atoms with Gasteiger partial charge in [0.25, 0.3) is 0 Å². The van der Waals surface area contributed by atoms with Crippen LogP contribution in [0.15, 0.2) is 36.4 Å². The lowest BCUT2D eigenvalue weighted by atomic mass is 9.78. The number of halogens is 2. The molecule has 0 unspecified atom stereocenters. The van der Waals surface area contributed by atoms with Gasteiger partial charge >= 0.3 is 0 Å². The Labute approximate surface area is 171 Å². The molecule has 1 N–H and O–H groups in total. The molecule has 1 saturated carbocycles. The number of hydrogen-bond donors (Lipinski definition) is 1. The van der Waals surface area contributed by atoms with E-state index < -0.39 is 5.41 Å². The number of ether oxygens (including phenoxy) is 1. The quantitative estimate of drug-likeness (QED) is 0.612. The zero-order valence-corrected chi connectivity index (χ0v) is 17.5. The highest BCUT2D eigenvalue weighted by Crippen LogP contribution is 2.45. The summed E-state index contributed by atoms with van der Waals surface area (Å²) in [5.74, 6) is 0.820. The van der Waals surface area contributed by atoms with Gasteiger partial charge in [-0.2, -0.15) is 0 Å². The lowest BCUT2D eigenvalue weighted by Gasteiger charge is -2.29. The highest BCUT2D eigenvalue weighted by molar-refractivity contribution is 6.35. The Morgan fingerprint density at radius 2 is 1.81 bits per heavy atom. The van der Waals surface area contributed by atoms with Crippen LogP contribution in [0.2, 0.25) is 10.0 Å². The van der Waals surface area contributed by atoms with E-state index >= 15 is 0 Å². The van der Waals surface area contributed by atoms with Crippen LogP contribution in [0.4, 0.5) is 5.69 Å². The van der Waals surface area contributed by atoms with Crippen molar-refractivity contribution in [3.63, 3.8) is 0 Å². The van der Waals surface area contributed by atoms with Crippen molar-refractivity contribution in [1.29, 1.82) is 0 Å². The van der Waals surface area contributed by atoms with E-state index in [2.05, 4.69) is 5.32 Å². The van der Waals surface area contributed by atoms with Gasteiger partial charge in [0, 0.05) is 15.7 Å². The third-order valence-corrected chi connectivity index (χ3v) is 5.68. The smallest absolute Gasteiger partial charge is 0.235 e. The van der Waals surface area contributed by atoms with E-state index in [0.29, 0.717) is 10.0 Å². The number of nitrogens with one attached hydrogen (secondary N) is 1. The Morgan fingerprint density at radius 3 is 2.41 bits per heavy atom. The fourth-order valence-electron chi connectivity index (χ4n) is 3.84. The standard InChI is InChI=1S/C22H25Cl2NO2/c1-14(2)27-20-9-7-17(12-15(20)3)25-21(26)22(10-4-5-11-22)18-8-6-16(23)13-19(18)24/h6-9,12-14H,4-5,10-11H2,1-3H3,(H,25,26). The molecule has 0 saturated heterocycles. The maximum absolute atomic E-state index is 13.3. The third kappa shape index (κ3) is 4.25. The van der Waals surface area contributed by atoms with E-state index in [4.69, 9.17) is 27.9 Å². The largest absolute Gasteiger partial charge is 0.491 e. The second-order valence-electron chi connectivity index (χ2n) is 7.51. The van der Waals surface area contributed by atoms with Gasteiger partial charge in [-0.1, -0.05) is 42.1 Å². The van der Waals surface area contributed by atoms with Gasteiger partial charge in [0.15, 0.2) is 0 Å². The van der Waals surface area contributed by atoms with Crippen molar-refractivity contribution in [3.8, 4) is 5.75 Å². The van der Waals surface area contributed by atoms with Crippen molar-refractivity contribution >= 4 is 34.8 Å². The summed E-state index contributed by atoms with van der Waals surface area (Å²) >= 11 is 12.5. The molecule has 3 rings (SSSR count). The van der Waals surface area contributed by atoms with Crippen LogP contribution in [0.5, 0.6) is 5.75 Å². The van der Waals surface area contributed by atoms with Crippen LogP contribution in [-0.2, 0) is 10.2 Å². The second kappa shape index (κ2) is 8.12. The van der Waals surface area contributed by atoms with Gasteiger partial charge in [0.05, 0.1) is 11.5 Å². The Morgan fingerprint density at radius 1 is 1.11 bits per heavy atom. The molecule has 1 aliphatic rings. The number of aryl methyl sites for hydroxylation is 1. The topological polar surface area (TPSA) is 38.3 Å². The molecular formula is C22H25Cl2NO2. The van der Waals surface area contributed by atoms with E-state index in [9.17, 15) is 4.79 Å². The summed E-state index contributed by atoms with van der Waals surface area (Å²) in [5, 5.41) is 4.23. The van der Waals surface area contributed by atoms with Crippen molar-refractivity contribution in [3.05, 3.63) is 57.6 Å². The zero-order valence-electron chi connectivity index (χ0n) is 15.9. The first-order valence-corrected chi connectivity index (χ1v) is 10.1. The molecule has 0 aromatic heterocycles. The average Bonchev–Trinajstić information content (AvgIpc) is 3.08. The molecule has 0 spiro atoms. The Bertz CT molecular complexity index is 842. The van der Waals surface area contributed by atoms with Gasteiger partial charge in [-0.3, -0.25) is 4.79 Å². The summed E-state index contributed by atoms with van der Waals surface area (Å²) in [6, 6.07) is 11.1. The summed E-state index contributed by atoms with van der Waals surface area (Å²) in [6.07, 6.45) is 3.69. The summed E-state index contributed by atoms with van der Waals surface area (Å²) in [7, 11) is 0. The van der Waals surface area contributed by atoms with Crippen LogP contribution in [-0.4, -0.2) is 12.0 Å². The van der Waals surface area contributed by atoms with Gasteiger partial charge in [-0.15, -0.1) is 0 Å². The van der Waals surface area contributed by atoms with Gasteiger partial charge in [0.1, 0.15) is 5.75 Å². The van der Waals surface area contributed by atoms with Gasteiger partial charge in [0.2, 0.25) is 5.91 Å². The van der Waals surface area contributed by atoms with E-state index in [1.165, 1.54) is 0 Å². The number of amides is 1. The average molecular weight is 406 g/mol. The Hall–Kier alpha value is -1.71. The van der Waals surface area contributed by atoms with Crippen LogP contribution in [0.1, 0.15) is 50.7 Å². The molecule has 0 radical (unpaired) electrons. The maximum atomic E-state index is 13.3. The molecule has 1 amide bonds. The molecule has 27 heavy (non-hydrogen) atoms. The maximum Gasteiger partial charge on any atom is 0.235 e. The molecule has 1 aliphatic carbocycles. The number of benzene rings is 2. The summed E-state index contributed by atoms with van der Waals surface area (Å²) in [5.41, 5.74) is 2.01. The molecule has 3 nitrogen and oxygen atoms in total. The highest BCUT2D eigenvalue weighted by atomic mass is 35.5. The van der Waals surface area contributed by atoms with Crippen molar-refractivity contribution in [2.75, 3.05) is 5.32 Å². The SMILES string of the molecule is Cc1cc(NC(=O)C2(c3ccc(Cl)cc3Cl)CCCC2)ccc1OC(C)C. The predicted octanol–water partition coefficient (Wildman–Crippen LogP) is 6.54. The molecule has 0 bridgehead atoms. The van der Waals surface area contributed by atoms with Crippen molar-refractivity contribution in [2.24, 2.45) is 0 Å². The number of rotatable bonds is 5. The predicted molar refractivity (Wildman–Crippen MR) is 112 cm³/mol. The van der Waals surface area contributed by atoms with Gasteiger partial charge < -0.3 is 10.1 Å². The van der Waals surface area contributed by atoms with E-state index in [0.717, 1.165) is 48.2 Å². The number of anilines is 1. The number of carbonyl (C=O) groups excluding carboxylic acids is 1. The number of hydrogen-bond acceptors (Lipinski definition) is 2. The lowest BCUT2D eigenvalue weighted by molar-refractivity contribution is -0.121. The molecule has 2 aromatic rings. The Kier molecular flexibility index (Phi) is 6.02. The molecule has 1 fully saturated rings. The minimum absolute atomic E-state index is 0.0128. The van der Waals surface area contributed by atoms with Crippen molar-refractivity contribution in [1.82, 2.24) is 0 Å².